The maximum Gasteiger partial charge on any atom is 0.283 e. The molecule has 3 atom stereocenters. The van der Waals surface area contributed by atoms with E-state index in [1.165, 1.54) is 24.4 Å². The van der Waals surface area contributed by atoms with Crippen LogP contribution in [0, 0.1) is 11.7 Å². The van der Waals surface area contributed by atoms with Gasteiger partial charge in [0.05, 0.1) is 5.02 Å². The van der Waals surface area contributed by atoms with Gasteiger partial charge in [0, 0.05) is 23.4 Å². The number of anilines is 1. The van der Waals surface area contributed by atoms with E-state index in [-0.39, 0.29) is 16.9 Å². The van der Waals surface area contributed by atoms with Crippen LogP contribution in [-0.2, 0) is 10.3 Å². The second kappa shape index (κ2) is 6.66. The molecule has 10 heteroatoms. The van der Waals surface area contributed by atoms with Crippen LogP contribution in [0.25, 0.3) is 0 Å². The maximum atomic E-state index is 14.6. The van der Waals surface area contributed by atoms with Gasteiger partial charge in [-0.05, 0) is 36.8 Å². The van der Waals surface area contributed by atoms with Crippen LogP contribution < -0.4 is 11.1 Å². The Morgan fingerprint density at radius 2 is 2.14 bits per heavy atom. The number of hydrogen-bond acceptors (Lipinski definition) is 5. The van der Waals surface area contributed by atoms with Crippen molar-refractivity contribution in [1.82, 2.24) is 4.98 Å². The van der Waals surface area contributed by atoms with Crippen molar-refractivity contribution in [2.45, 2.75) is 24.5 Å². The van der Waals surface area contributed by atoms with Crippen LogP contribution in [0.5, 0.6) is 0 Å². The summed E-state index contributed by atoms with van der Waals surface area (Å²) in [5.74, 6) is -2.16. The number of ether oxygens (including phenoxy) is 1. The lowest BCUT2D eigenvalue weighted by atomic mass is 9.84. The number of aromatic nitrogens is 1. The van der Waals surface area contributed by atoms with Crippen LogP contribution in [0.1, 0.15) is 22.5 Å². The first-order valence-electron chi connectivity index (χ1n) is 8.34. The molecule has 146 valence electrons. The molecule has 0 spiro atoms. The number of nitrogens with one attached hydrogen (secondary N) is 1. The van der Waals surface area contributed by atoms with Crippen molar-refractivity contribution in [3.05, 3.63) is 58.6 Å². The average molecular weight is 411 g/mol. The molecular formula is C18H14ClF3N4O2. The summed E-state index contributed by atoms with van der Waals surface area (Å²) in [6, 6.07) is 5.90. The Hall–Kier alpha value is -2.81. The molecule has 1 aromatic heterocycles. The minimum absolute atomic E-state index is 0.0643. The predicted molar refractivity (Wildman–Crippen MR) is 95.9 cm³/mol. The van der Waals surface area contributed by atoms with Gasteiger partial charge in [0.15, 0.2) is 5.54 Å². The van der Waals surface area contributed by atoms with Crippen LogP contribution in [-0.4, -0.2) is 29.4 Å². The summed E-state index contributed by atoms with van der Waals surface area (Å²) < 4.78 is 47.9. The lowest BCUT2D eigenvalue weighted by Crippen LogP contribution is -2.43. The Labute approximate surface area is 162 Å². The van der Waals surface area contributed by atoms with Gasteiger partial charge in [-0.2, -0.15) is 0 Å². The molecule has 2 heterocycles. The number of carbonyl (C=O) groups is 1. The molecule has 2 aliphatic rings. The van der Waals surface area contributed by atoms with E-state index in [1.54, 1.807) is 0 Å². The van der Waals surface area contributed by atoms with Crippen molar-refractivity contribution >= 4 is 29.2 Å². The molecule has 28 heavy (non-hydrogen) atoms. The molecule has 3 N–H and O–H groups in total. The molecule has 4 rings (SSSR count). The highest BCUT2D eigenvalue weighted by molar-refractivity contribution is 6.30. The fourth-order valence-electron chi connectivity index (χ4n) is 3.42. The van der Waals surface area contributed by atoms with E-state index < -0.39 is 41.7 Å². The number of benzene rings is 1. The molecule has 0 saturated heterocycles. The van der Waals surface area contributed by atoms with E-state index in [9.17, 15) is 18.0 Å². The smallest absolute Gasteiger partial charge is 0.283 e. The Kier molecular flexibility index (Phi) is 4.41. The van der Waals surface area contributed by atoms with Gasteiger partial charge in [-0.3, -0.25) is 4.79 Å². The number of nitrogens with zero attached hydrogens (tertiary/aromatic N) is 2. The van der Waals surface area contributed by atoms with Gasteiger partial charge in [0.2, 0.25) is 0 Å². The van der Waals surface area contributed by atoms with Gasteiger partial charge < -0.3 is 15.8 Å². The van der Waals surface area contributed by atoms with Crippen LogP contribution in [0.15, 0.2) is 41.5 Å². The van der Waals surface area contributed by atoms with E-state index in [1.807, 2.05) is 0 Å². The van der Waals surface area contributed by atoms with Gasteiger partial charge in [-0.1, -0.05) is 11.6 Å². The highest BCUT2D eigenvalue weighted by Gasteiger charge is 2.64. The van der Waals surface area contributed by atoms with Crippen molar-refractivity contribution in [1.29, 1.82) is 0 Å². The average Bonchev–Trinajstić information content (AvgIpc) is 3.42. The minimum Gasteiger partial charge on any atom is -0.462 e. The zero-order valence-corrected chi connectivity index (χ0v) is 15.0. The normalized spacial score (nSPS) is 25.5. The van der Waals surface area contributed by atoms with E-state index >= 15 is 0 Å². The quantitative estimate of drug-likeness (QED) is 0.809. The molecule has 1 saturated carbocycles. The highest BCUT2D eigenvalue weighted by atomic mass is 35.5. The molecule has 1 aliphatic carbocycles. The van der Waals surface area contributed by atoms with Crippen LogP contribution in [0.3, 0.4) is 0 Å². The molecular weight excluding hydrogens is 397 g/mol. The second-order valence-corrected chi connectivity index (χ2v) is 7.02. The summed E-state index contributed by atoms with van der Waals surface area (Å²) in [5, 5.41) is 2.87. The van der Waals surface area contributed by atoms with Crippen molar-refractivity contribution in [3.8, 4) is 0 Å². The lowest BCUT2D eigenvalue weighted by molar-refractivity contribution is 0.0177. The summed E-state index contributed by atoms with van der Waals surface area (Å²) in [5.41, 5.74) is 3.23. The van der Waals surface area contributed by atoms with E-state index in [4.69, 9.17) is 22.1 Å². The van der Waals surface area contributed by atoms with Gasteiger partial charge in [-0.25, -0.2) is 23.1 Å². The summed E-state index contributed by atoms with van der Waals surface area (Å²) in [6.07, 6.45) is -1.95. The molecule has 1 amide bonds. The molecule has 0 unspecified atom stereocenters. The summed E-state index contributed by atoms with van der Waals surface area (Å²) in [7, 11) is 0. The second-order valence-electron chi connectivity index (χ2n) is 6.58. The first-order chi connectivity index (χ1) is 13.3. The van der Waals surface area contributed by atoms with Crippen molar-refractivity contribution in [2.24, 2.45) is 16.6 Å². The minimum atomic E-state index is -3.01. The van der Waals surface area contributed by atoms with Crippen LogP contribution >= 0.6 is 11.6 Å². The number of nitrogens with two attached hydrogens (primary N) is 1. The number of rotatable bonds is 4. The largest absolute Gasteiger partial charge is 0.462 e. The number of hydrogen-bond donors (Lipinski definition) is 2. The molecule has 0 radical (unpaired) electrons. The maximum absolute atomic E-state index is 14.6. The fraction of sp³-hybridized carbons (Fsp3) is 0.278. The van der Waals surface area contributed by atoms with Gasteiger partial charge in [0.1, 0.15) is 17.6 Å². The number of aliphatic imine (C=N–C) groups is 1. The third-order valence-corrected chi connectivity index (χ3v) is 5.04. The van der Waals surface area contributed by atoms with Crippen LogP contribution in [0.2, 0.25) is 5.02 Å². The Balaban J connectivity index is 1.70. The first-order valence-corrected chi connectivity index (χ1v) is 8.72. The van der Waals surface area contributed by atoms with Crippen molar-refractivity contribution in [3.63, 3.8) is 0 Å². The molecule has 6 nitrogen and oxygen atoms in total. The summed E-state index contributed by atoms with van der Waals surface area (Å²) in [6.45, 7) is 0. The Morgan fingerprint density at radius 3 is 2.82 bits per heavy atom. The number of alkyl halides is 2. The van der Waals surface area contributed by atoms with Gasteiger partial charge >= 0.3 is 0 Å². The van der Waals surface area contributed by atoms with Gasteiger partial charge in [0.25, 0.3) is 18.4 Å². The summed E-state index contributed by atoms with van der Waals surface area (Å²) >= 11 is 5.74. The van der Waals surface area contributed by atoms with E-state index in [0.29, 0.717) is 11.4 Å². The van der Waals surface area contributed by atoms with Crippen molar-refractivity contribution in [2.75, 3.05) is 5.32 Å². The molecule has 1 fully saturated rings. The zero-order chi connectivity index (χ0) is 20.1. The van der Waals surface area contributed by atoms with E-state index in [0.717, 1.165) is 12.1 Å². The molecule has 0 bridgehead atoms. The third kappa shape index (κ3) is 3.05. The number of amidine groups is 1. The third-order valence-electron chi connectivity index (χ3n) is 4.81. The van der Waals surface area contributed by atoms with Crippen LogP contribution in [0.4, 0.5) is 18.9 Å². The fourth-order valence-corrected chi connectivity index (χ4v) is 3.53. The monoisotopic (exact) mass is 410 g/mol. The Morgan fingerprint density at radius 1 is 1.36 bits per heavy atom. The molecule has 1 aromatic carbocycles. The molecule has 2 aromatic rings. The Bertz CT molecular complexity index is 970. The zero-order valence-electron chi connectivity index (χ0n) is 14.2. The number of amides is 1. The lowest BCUT2D eigenvalue weighted by Gasteiger charge is -2.33. The molecule has 1 aliphatic heterocycles. The van der Waals surface area contributed by atoms with Gasteiger partial charge in [-0.15, -0.1) is 0 Å². The highest BCUT2D eigenvalue weighted by Crippen LogP contribution is 2.56. The first kappa shape index (κ1) is 18.5. The number of carbonyl (C=O) groups excluding carboxylic acids is 1. The predicted octanol–water partition coefficient (Wildman–Crippen LogP) is 3.32. The SMILES string of the molecule is NC1=N[C@](c2cc(NC(=O)c3ccc(Cl)cn3)ccc2F)(C(F)F)[C@H]2C[C@H]2O1. The number of halogens is 4. The van der Waals surface area contributed by atoms with E-state index in [2.05, 4.69) is 15.3 Å². The number of fused-ring (bicyclic) bond motifs is 1. The van der Waals surface area contributed by atoms with Crippen molar-refractivity contribution < 1.29 is 22.7 Å². The number of pyridine rings is 1. The summed E-state index contributed by atoms with van der Waals surface area (Å²) in [4.78, 5) is 20.0. The topological polar surface area (TPSA) is 89.6 Å². The standard InChI is InChI=1S/C18H14ClF3N4O2/c19-8-1-4-13(24-7-8)15(27)25-9-2-3-12(20)10(5-9)18(16(21)22)11-6-14(11)28-17(23)26-18/h1-5,7,11,14,16H,6H2,(H2,23,26)(H,25,27)/t11-,14+,18-/m0/s1.